The monoisotopic (exact) mass is 386 g/mol. The Morgan fingerprint density at radius 2 is 2.04 bits per heavy atom. The van der Waals surface area contributed by atoms with Crippen molar-refractivity contribution in [2.75, 3.05) is 0 Å². The second-order valence-electron chi connectivity index (χ2n) is 10.0. The molecule has 154 valence electrons. The number of Topliss-reactive ketones (excluding diaryl/α,β-unsaturated/α-hetero) is 1. The molecule has 0 bridgehead atoms. The number of allylic oxidation sites excluding steroid dienone is 1. The van der Waals surface area contributed by atoms with E-state index in [1.54, 1.807) is 0 Å². The van der Waals surface area contributed by atoms with Crippen molar-refractivity contribution in [1.29, 1.82) is 0 Å². The third-order valence-corrected chi connectivity index (χ3v) is 9.09. The van der Waals surface area contributed by atoms with Gasteiger partial charge in [-0.3, -0.25) is 9.59 Å². The molecule has 0 aromatic rings. The highest BCUT2D eigenvalue weighted by Crippen LogP contribution is 2.65. The van der Waals surface area contributed by atoms with Crippen molar-refractivity contribution < 1.29 is 19.1 Å². The van der Waals surface area contributed by atoms with Gasteiger partial charge in [0.1, 0.15) is 18.2 Å². The summed E-state index contributed by atoms with van der Waals surface area (Å²) in [5, 5.41) is 0. The number of carbonyl (C=O) groups excluding carboxylic acids is 3. The Bertz CT molecular complexity index is 724. The summed E-state index contributed by atoms with van der Waals surface area (Å²) < 4.78 is 5.76. The summed E-state index contributed by atoms with van der Waals surface area (Å²) in [5.41, 5.74) is 0.563. The highest BCUT2D eigenvalue weighted by Gasteiger charge is 2.62. The maximum atomic E-state index is 12.7. The Morgan fingerprint density at radius 1 is 1.29 bits per heavy atom. The third kappa shape index (κ3) is 2.52. The molecule has 4 nitrogen and oxygen atoms in total. The van der Waals surface area contributed by atoms with Crippen LogP contribution in [0, 0.1) is 40.4 Å². The van der Waals surface area contributed by atoms with E-state index in [0.717, 1.165) is 32.1 Å². The lowest BCUT2D eigenvalue weighted by Gasteiger charge is -2.59. The molecule has 0 N–H and O–H groups in total. The lowest BCUT2D eigenvalue weighted by molar-refractivity contribution is -0.158. The zero-order valence-corrected chi connectivity index (χ0v) is 17.7. The molecule has 0 radical (unpaired) electrons. The maximum absolute atomic E-state index is 12.7. The van der Waals surface area contributed by atoms with Crippen LogP contribution in [0.2, 0.25) is 0 Å². The largest absolute Gasteiger partial charge is 0.462 e. The fourth-order valence-corrected chi connectivity index (χ4v) is 7.49. The first kappa shape index (κ1) is 19.8. The third-order valence-electron chi connectivity index (χ3n) is 9.09. The summed E-state index contributed by atoms with van der Waals surface area (Å²) in [6.07, 6.45) is 9.01. The minimum absolute atomic E-state index is 0.0800. The highest BCUT2D eigenvalue weighted by atomic mass is 16.5. The Balaban J connectivity index is 1.71. The molecular weight excluding hydrogens is 352 g/mol. The van der Waals surface area contributed by atoms with Crippen molar-refractivity contribution >= 4 is 18.0 Å². The molecule has 0 aromatic heterocycles. The minimum Gasteiger partial charge on any atom is -0.462 e. The van der Waals surface area contributed by atoms with Gasteiger partial charge in [-0.15, -0.1) is 0 Å². The molecule has 0 amide bonds. The molecule has 0 spiro atoms. The van der Waals surface area contributed by atoms with Crippen molar-refractivity contribution in [3.8, 4) is 0 Å². The lowest BCUT2D eigenvalue weighted by Crippen LogP contribution is -2.57. The van der Waals surface area contributed by atoms with Gasteiger partial charge >= 0.3 is 5.97 Å². The minimum atomic E-state index is -0.454. The van der Waals surface area contributed by atoms with Crippen LogP contribution in [-0.2, 0) is 19.1 Å². The number of carbonyl (C=O) groups is 3. The topological polar surface area (TPSA) is 60.4 Å². The van der Waals surface area contributed by atoms with Gasteiger partial charge in [-0.25, -0.2) is 0 Å². The molecule has 0 aliphatic heterocycles. The molecule has 3 unspecified atom stereocenters. The Hall–Kier alpha value is -1.45. The molecule has 8 atom stereocenters. The van der Waals surface area contributed by atoms with E-state index in [1.165, 1.54) is 11.9 Å². The van der Waals surface area contributed by atoms with Crippen LogP contribution in [0.15, 0.2) is 11.6 Å². The summed E-state index contributed by atoms with van der Waals surface area (Å²) in [5.74, 6) is 1.65. The molecule has 4 heteroatoms. The van der Waals surface area contributed by atoms with Gasteiger partial charge in [-0.2, -0.15) is 0 Å². The molecule has 28 heavy (non-hydrogen) atoms. The van der Waals surface area contributed by atoms with E-state index in [-0.39, 0.29) is 29.3 Å². The maximum Gasteiger partial charge on any atom is 0.305 e. The first-order chi connectivity index (χ1) is 13.3. The van der Waals surface area contributed by atoms with Crippen LogP contribution >= 0.6 is 0 Å². The van der Waals surface area contributed by atoms with Crippen LogP contribution in [0.4, 0.5) is 0 Å². The number of esters is 1. The Labute approximate surface area is 168 Å². The van der Waals surface area contributed by atoms with Crippen LogP contribution < -0.4 is 0 Å². The molecular formula is C24H34O4. The number of hydrogen-bond acceptors (Lipinski definition) is 4. The highest BCUT2D eigenvalue weighted by molar-refractivity contribution is 5.87. The normalized spacial score (nSPS) is 47.4. The van der Waals surface area contributed by atoms with E-state index in [9.17, 15) is 14.4 Å². The van der Waals surface area contributed by atoms with Gasteiger partial charge in [-0.05, 0) is 55.8 Å². The second kappa shape index (κ2) is 6.81. The van der Waals surface area contributed by atoms with Crippen molar-refractivity contribution in [3.05, 3.63) is 11.6 Å². The Morgan fingerprint density at radius 3 is 2.71 bits per heavy atom. The molecule has 0 heterocycles. The van der Waals surface area contributed by atoms with Crippen LogP contribution in [0.25, 0.3) is 0 Å². The SMILES string of the molecule is CCC(=O)OC1CC(C)[C@@]2(C=O)C(=CC[C@@H]3[C@H]2CC[C@]2(C)C(=O)CC[C@@H]32)C1C. The molecule has 4 rings (SSSR count). The van der Waals surface area contributed by atoms with E-state index in [4.69, 9.17) is 4.74 Å². The van der Waals surface area contributed by atoms with Crippen LogP contribution in [0.3, 0.4) is 0 Å². The summed E-state index contributed by atoms with van der Waals surface area (Å²) in [4.78, 5) is 37.2. The summed E-state index contributed by atoms with van der Waals surface area (Å²) in [6, 6.07) is 0. The summed E-state index contributed by atoms with van der Waals surface area (Å²) in [6.45, 7) is 8.28. The van der Waals surface area contributed by atoms with Gasteiger partial charge in [0.15, 0.2) is 0 Å². The van der Waals surface area contributed by atoms with Gasteiger partial charge in [-0.1, -0.05) is 39.3 Å². The van der Waals surface area contributed by atoms with Gasteiger partial charge in [0, 0.05) is 24.2 Å². The molecule has 4 aliphatic rings. The first-order valence-electron chi connectivity index (χ1n) is 11.2. The van der Waals surface area contributed by atoms with E-state index < -0.39 is 5.41 Å². The first-order valence-corrected chi connectivity index (χ1v) is 11.2. The number of hydrogen-bond donors (Lipinski definition) is 0. The van der Waals surface area contributed by atoms with Gasteiger partial charge in [0.25, 0.3) is 0 Å². The second-order valence-corrected chi connectivity index (χ2v) is 10.0. The number of ketones is 1. The van der Waals surface area contributed by atoms with Crippen molar-refractivity contribution in [2.45, 2.75) is 78.7 Å². The quantitative estimate of drug-likeness (QED) is 0.407. The fourth-order valence-electron chi connectivity index (χ4n) is 7.49. The smallest absolute Gasteiger partial charge is 0.305 e. The van der Waals surface area contributed by atoms with Crippen LogP contribution in [0.1, 0.15) is 72.6 Å². The van der Waals surface area contributed by atoms with Crippen molar-refractivity contribution in [3.63, 3.8) is 0 Å². The van der Waals surface area contributed by atoms with E-state index in [2.05, 4.69) is 26.8 Å². The number of ether oxygens (including phenoxy) is 1. The standard InChI is InChI=1S/C24H34O4/c1-5-22(27)28-20-12-14(2)24(13-25)17(15(20)3)7-6-16-18-8-9-21(26)23(18,4)11-10-19(16)24/h7,13-16,18-20H,5-6,8-12H2,1-4H3/t14?,15?,16-,18-,19+,20?,23-,24-/m0/s1. The molecule has 4 aliphatic carbocycles. The predicted octanol–water partition coefficient (Wildman–Crippen LogP) is 4.51. The zero-order chi connectivity index (χ0) is 20.3. The van der Waals surface area contributed by atoms with Gasteiger partial charge in [0.05, 0.1) is 5.41 Å². The van der Waals surface area contributed by atoms with E-state index in [0.29, 0.717) is 36.4 Å². The predicted molar refractivity (Wildman–Crippen MR) is 106 cm³/mol. The Kier molecular flexibility index (Phi) is 4.83. The van der Waals surface area contributed by atoms with Crippen molar-refractivity contribution in [1.82, 2.24) is 0 Å². The molecule has 0 aromatic carbocycles. The number of rotatable bonds is 3. The van der Waals surface area contributed by atoms with Crippen LogP contribution in [0.5, 0.6) is 0 Å². The van der Waals surface area contributed by atoms with E-state index in [1.807, 2.05) is 6.92 Å². The summed E-state index contributed by atoms with van der Waals surface area (Å²) >= 11 is 0. The molecule has 3 fully saturated rings. The zero-order valence-electron chi connectivity index (χ0n) is 17.7. The van der Waals surface area contributed by atoms with Crippen molar-refractivity contribution in [2.24, 2.45) is 40.4 Å². The fraction of sp³-hybridized carbons (Fsp3) is 0.792. The average molecular weight is 387 g/mol. The number of aldehydes is 1. The lowest BCUT2D eigenvalue weighted by atomic mass is 9.44. The van der Waals surface area contributed by atoms with E-state index >= 15 is 0 Å². The van der Waals surface area contributed by atoms with Gasteiger partial charge in [0.2, 0.25) is 0 Å². The molecule has 0 saturated heterocycles. The average Bonchev–Trinajstić information content (AvgIpc) is 2.99. The van der Waals surface area contributed by atoms with Gasteiger partial charge < -0.3 is 9.53 Å². The number of fused-ring (bicyclic) bond motifs is 5. The molecule has 3 saturated carbocycles. The summed E-state index contributed by atoms with van der Waals surface area (Å²) in [7, 11) is 0. The van der Waals surface area contributed by atoms with Crippen LogP contribution in [-0.4, -0.2) is 24.1 Å².